The standard InChI is InChI=1S/C18H14O3/c19-17(18-7-4-12-20-18)13-21-16-10-8-15(9-11-16)14-5-2-1-3-6-14/h1-12H,13H2. The summed E-state index contributed by atoms with van der Waals surface area (Å²) in [6, 6.07) is 21.1. The van der Waals surface area contributed by atoms with E-state index in [4.69, 9.17) is 9.15 Å². The van der Waals surface area contributed by atoms with Crippen LogP contribution in [0.4, 0.5) is 0 Å². The number of carbonyl (C=O) groups is 1. The first-order chi connectivity index (χ1) is 10.3. The minimum absolute atomic E-state index is 0.0296. The molecule has 3 heteroatoms. The average molecular weight is 278 g/mol. The van der Waals surface area contributed by atoms with Crippen LogP contribution >= 0.6 is 0 Å². The number of hydrogen-bond donors (Lipinski definition) is 0. The molecule has 1 aromatic heterocycles. The SMILES string of the molecule is O=C(COc1ccc(-c2ccccc2)cc1)c1ccco1. The molecule has 3 nitrogen and oxygen atoms in total. The number of carbonyl (C=O) groups excluding carboxylic acids is 1. The van der Waals surface area contributed by atoms with Gasteiger partial charge in [-0.05, 0) is 35.4 Å². The van der Waals surface area contributed by atoms with Crippen LogP contribution in [-0.4, -0.2) is 12.4 Å². The van der Waals surface area contributed by atoms with Gasteiger partial charge < -0.3 is 9.15 Å². The minimum atomic E-state index is -0.174. The Morgan fingerprint density at radius 2 is 1.57 bits per heavy atom. The topological polar surface area (TPSA) is 39.4 Å². The molecule has 0 aliphatic heterocycles. The van der Waals surface area contributed by atoms with Gasteiger partial charge in [-0.25, -0.2) is 0 Å². The lowest BCUT2D eigenvalue weighted by Gasteiger charge is -2.06. The highest BCUT2D eigenvalue weighted by Crippen LogP contribution is 2.22. The highest BCUT2D eigenvalue weighted by molar-refractivity contribution is 5.94. The molecule has 0 bridgehead atoms. The lowest BCUT2D eigenvalue weighted by Crippen LogP contribution is -2.10. The van der Waals surface area contributed by atoms with Crippen LogP contribution in [0.1, 0.15) is 10.6 Å². The zero-order valence-electron chi connectivity index (χ0n) is 11.4. The molecule has 21 heavy (non-hydrogen) atoms. The van der Waals surface area contributed by atoms with Gasteiger partial charge in [0, 0.05) is 0 Å². The minimum Gasteiger partial charge on any atom is -0.485 e. The maximum absolute atomic E-state index is 11.7. The molecule has 3 aromatic rings. The molecule has 0 unspecified atom stereocenters. The Hall–Kier alpha value is -2.81. The quantitative estimate of drug-likeness (QED) is 0.656. The summed E-state index contributed by atoms with van der Waals surface area (Å²) in [7, 11) is 0. The van der Waals surface area contributed by atoms with Crippen LogP contribution in [0, 0.1) is 0 Å². The van der Waals surface area contributed by atoms with Gasteiger partial charge in [0.25, 0.3) is 0 Å². The summed E-state index contributed by atoms with van der Waals surface area (Å²) in [4.78, 5) is 11.7. The third-order valence-electron chi connectivity index (χ3n) is 3.13. The summed E-state index contributed by atoms with van der Waals surface area (Å²) in [5, 5.41) is 0. The summed E-state index contributed by atoms with van der Waals surface area (Å²) in [6.45, 7) is -0.0296. The van der Waals surface area contributed by atoms with E-state index in [9.17, 15) is 4.79 Å². The molecule has 0 spiro atoms. The van der Waals surface area contributed by atoms with Gasteiger partial charge in [0.05, 0.1) is 6.26 Å². The number of Topliss-reactive ketones (excluding diaryl/α,β-unsaturated/α-hetero) is 1. The molecule has 1 heterocycles. The van der Waals surface area contributed by atoms with Gasteiger partial charge >= 0.3 is 0 Å². The van der Waals surface area contributed by atoms with Gasteiger partial charge in [-0.2, -0.15) is 0 Å². The van der Waals surface area contributed by atoms with E-state index in [1.165, 1.54) is 6.26 Å². The molecule has 2 aromatic carbocycles. The largest absolute Gasteiger partial charge is 0.485 e. The van der Waals surface area contributed by atoms with Crippen LogP contribution in [0.5, 0.6) is 5.75 Å². The number of ether oxygens (including phenoxy) is 1. The Morgan fingerprint density at radius 3 is 2.24 bits per heavy atom. The lowest BCUT2D eigenvalue weighted by atomic mass is 10.1. The maximum atomic E-state index is 11.7. The highest BCUT2D eigenvalue weighted by Gasteiger charge is 2.09. The third kappa shape index (κ3) is 3.20. The highest BCUT2D eigenvalue weighted by atomic mass is 16.5. The monoisotopic (exact) mass is 278 g/mol. The van der Waals surface area contributed by atoms with Crippen molar-refractivity contribution in [1.82, 2.24) is 0 Å². The van der Waals surface area contributed by atoms with Crippen LogP contribution in [0.15, 0.2) is 77.4 Å². The normalized spacial score (nSPS) is 10.3. The van der Waals surface area contributed by atoms with Crippen molar-refractivity contribution in [2.75, 3.05) is 6.61 Å². The van der Waals surface area contributed by atoms with Gasteiger partial charge in [-0.1, -0.05) is 42.5 Å². The molecule has 0 aliphatic rings. The molecule has 0 radical (unpaired) electrons. The maximum Gasteiger partial charge on any atom is 0.235 e. The van der Waals surface area contributed by atoms with Gasteiger partial charge in [-0.15, -0.1) is 0 Å². The first-order valence-corrected chi connectivity index (χ1v) is 6.68. The number of furan rings is 1. The van der Waals surface area contributed by atoms with Crippen molar-refractivity contribution in [3.05, 3.63) is 78.8 Å². The van der Waals surface area contributed by atoms with Crippen molar-refractivity contribution in [1.29, 1.82) is 0 Å². The van der Waals surface area contributed by atoms with Crippen molar-refractivity contribution in [3.8, 4) is 16.9 Å². The summed E-state index contributed by atoms with van der Waals surface area (Å²) in [5.41, 5.74) is 2.26. The average Bonchev–Trinajstić information content (AvgIpc) is 3.08. The summed E-state index contributed by atoms with van der Waals surface area (Å²) < 4.78 is 10.5. The second kappa shape index (κ2) is 6.09. The van der Waals surface area contributed by atoms with Crippen molar-refractivity contribution in [3.63, 3.8) is 0 Å². The van der Waals surface area contributed by atoms with Crippen LogP contribution in [0.25, 0.3) is 11.1 Å². The third-order valence-corrected chi connectivity index (χ3v) is 3.13. The molecule has 0 saturated heterocycles. The van der Waals surface area contributed by atoms with Crippen LogP contribution in [-0.2, 0) is 0 Å². The second-order valence-corrected chi connectivity index (χ2v) is 4.58. The first kappa shape index (κ1) is 13.2. The first-order valence-electron chi connectivity index (χ1n) is 6.68. The Labute approximate surface area is 122 Å². The van der Waals surface area contributed by atoms with E-state index >= 15 is 0 Å². The summed E-state index contributed by atoms with van der Waals surface area (Å²) in [5.74, 6) is 0.803. The molecule has 0 amide bonds. The van der Waals surface area contributed by atoms with Crippen molar-refractivity contribution >= 4 is 5.78 Å². The molecule has 0 aliphatic carbocycles. The zero-order valence-corrected chi connectivity index (χ0v) is 11.4. The molecular formula is C18H14O3. The Bertz CT molecular complexity index is 698. The van der Waals surface area contributed by atoms with Gasteiger partial charge in [0.1, 0.15) is 5.75 Å². The van der Waals surface area contributed by atoms with Crippen LogP contribution in [0.2, 0.25) is 0 Å². The smallest absolute Gasteiger partial charge is 0.235 e. The van der Waals surface area contributed by atoms with Crippen molar-refractivity contribution in [2.45, 2.75) is 0 Å². The van der Waals surface area contributed by atoms with E-state index in [0.717, 1.165) is 11.1 Å². The van der Waals surface area contributed by atoms with Crippen LogP contribution < -0.4 is 4.74 Å². The summed E-state index contributed by atoms with van der Waals surface area (Å²) >= 11 is 0. The van der Waals surface area contributed by atoms with E-state index in [0.29, 0.717) is 11.5 Å². The molecule has 0 fully saturated rings. The fourth-order valence-electron chi connectivity index (χ4n) is 2.03. The Balaban J connectivity index is 1.64. The molecule has 104 valence electrons. The van der Waals surface area contributed by atoms with E-state index in [-0.39, 0.29) is 12.4 Å². The molecule has 3 rings (SSSR count). The number of benzene rings is 2. The number of hydrogen-bond acceptors (Lipinski definition) is 3. The molecule has 0 N–H and O–H groups in total. The predicted molar refractivity (Wildman–Crippen MR) is 80.4 cm³/mol. The van der Waals surface area contributed by atoms with Crippen molar-refractivity contribution in [2.24, 2.45) is 0 Å². The summed E-state index contributed by atoms with van der Waals surface area (Å²) in [6.07, 6.45) is 1.47. The molecule has 0 saturated carbocycles. The Kier molecular flexibility index (Phi) is 3.83. The lowest BCUT2D eigenvalue weighted by molar-refractivity contribution is 0.0894. The fraction of sp³-hybridized carbons (Fsp3) is 0.0556. The Morgan fingerprint density at radius 1 is 0.857 bits per heavy atom. The number of rotatable bonds is 5. The number of ketones is 1. The second-order valence-electron chi connectivity index (χ2n) is 4.58. The van der Waals surface area contributed by atoms with Crippen molar-refractivity contribution < 1.29 is 13.9 Å². The fourth-order valence-corrected chi connectivity index (χ4v) is 2.03. The predicted octanol–water partition coefficient (Wildman–Crippen LogP) is 4.21. The van der Waals surface area contributed by atoms with E-state index < -0.39 is 0 Å². The van der Waals surface area contributed by atoms with Crippen LogP contribution in [0.3, 0.4) is 0 Å². The van der Waals surface area contributed by atoms with E-state index in [1.54, 1.807) is 12.1 Å². The van der Waals surface area contributed by atoms with E-state index in [1.807, 2.05) is 42.5 Å². The zero-order chi connectivity index (χ0) is 14.5. The van der Waals surface area contributed by atoms with Gasteiger partial charge in [-0.3, -0.25) is 4.79 Å². The van der Waals surface area contributed by atoms with Gasteiger partial charge in [0.2, 0.25) is 5.78 Å². The molecule has 0 atom stereocenters. The van der Waals surface area contributed by atoms with E-state index in [2.05, 4.69) is 12.1 Å². The van der Waals surface area contributed by atoms with Gasteiger partial charge in [0.15, 0.2) is 12.4 Å². The molecular weight excluding hydrogens is 264 g/mol.